The number of pyridine rings is 1. The fraction of sp³-hybridized carbons (Fsp3) is 0.450. The largest absolute Gasteiger partial charge is 0.423 e. The van der Waals surface area contributed by atoms with Crippen molar-refractivity contribution in [3.05, 3.63) is 57.7 Å². The maximum Gasteiger partial charge on any atom is 0.423 e. The van der Waals surface area contributed by atoms with Crippen LogP contribution in [0.5, 0.6) is 0 Å². The molecule has 0 amide bonds. The molecule has 1 unspecified atom stereocenters. The van der Waals surface area contributed by atoms with Gasteiger partial charge in [-0.2, -0.15) is 36.4 Å². The van der Waals surface area contributed by atoms with E-state index >= 15 is 0 Å². The molecular formula is C20H19F6N7O3. The smallest absolute Gasteiger partial charge is 0.378 e. The SMILES string of the molecule is CC(COCc1nc(C2CN(c3ccc(C(F)(F)F)cn3)C2)no1)Nc1cn[nH]c(=O)c1C(F)(F)F. The van der Waals surface area contributed by atoms with E-state index in [1.807, 2.05) is 0 Å². The molecule has 0 aliphatic carbocycles. The molecule has 4 rings (SSSR count). The van der Waals surface area contributed by atoms with Crippen molar-refractivity contribution >= 4 is 11.5 Å². The van der Waals surface area contributed by atoms with Crippen molar-refractivity contribution in [1.29, 1.82) is 0 Å². The predicted molar refractivity (Wildman–Crippen MR) is 111 cm³/mol. The number of aromatic amines is 1. The van der Waals surface area contributed by atoms with E-state index in [1.165, 1.54) is 6.07 Å². The average Bonchev–Trinajstić information content (AvgIpc) is 3.20. The van der Waals surface area contributed by atoms with Crippen molar-refractivity contribution in [3.8, 4) is 0 Å². The highest BCUT2D eigenvalue weighted by Crippen LogP contribution is 2.33. The molecule has 3 aromatic rings. The Labute approximate surface area is 198 Å². The molecule has 1 atom stereocenters. The number of rotatable bonds is 8. The molecule has 0 bridgehead atoms. The van der Waals surface area contributed by atoms with Gasteiger partial charge in [-0.1, -0.05) is 5.16 Å². The molecule has 1 aliphatic heterocycles. The quantitative estimate of drug-likeness (QED) is 0.432. The summed E-state index contributed by atoms with van der Waals surface area (Å²) in [7, 11) is 0. The van der Waals surface area contributed by atoms with E-state index < -0.39 is 40.8 Å². The highest BCUT2D eigenvalue weighted by Gasteiger charge is 2.38. The minimum atomic E-state index is -4.86. The first kappa shape index (κ1) is 25.4. The average molecular weight is 519 g/mol. The second-order valence-corrected chi connectivity index (χ2v) is 8.10. The molecule has 0 saturated carbocycles. The Morgan fingerprint density at radius 3 is 2.58 bits per heavy atom. The number of hydrogen-bond donors (Lipinski definition) is 2. The van der Waals surface area contributed by atoms with Crippen LogP contribution in [0.4, 0.5) is 37.8 Å². The van der Waals surface area contributed by atoms with Gasteiger partial charge in [0.1, 0.15) is 18.0 Å². The number of ether oxygens (including phenoxy) is 1. The van der Waals surface area contributed by atoms with E-state index in [-0.39, 0.29) is 25.0 Å². The van der Waals surface area contributed by atoms with Crippen LogP contribution in [0.3, 0.4) is 0 Å². The van der Waals surface area contributed by atoms with Gasteiger partial charge in [-0.25, -0.2) is 10.1 Å². The van der Waals surface area contributed by atoms with Gasteiger partial charge in [0, 0.05) is 25.3 Å². The molecule has 3 aromatic heterocycles. The van der Waals surface area contributed by atoms with E-state index in [0.29, 0.717) is 24.7 Å². The molecule has 10 nitrogen and oxygen atoms in total. The number of anilines is 2. The molecule has 4 heterocycles. The van der Waals surface area contributed by atoms with Crippen LogP contribution in [0.25, 0.3) is 0 Å². The van der Waals surface area contributed by atoms with Crippen LogP contribution in [0.15, 0.2) is 33.8 Å². The summed E-state index contributed by atoms with van der Waals surface area (Å²) in [5, 5.41) is 11.6. The second-order valence-electron chi connectivity index (χ2n) is 8.10. The molecule has 1 aliphatic rings. The number of H-pyrrole nitrogens is 1. The van der Waals surface area contributed by atoms with Crippen LogP contribution in [0.2, 0.25) is 0 Å². The minimum absolute atomic E-state index is 0.0430. The predicted octanol–water partition coefficient (Wildman–Crippen LogP) is 3.21. The highest BCUT2D eigenvalue weighted by atomic mass is 19.4. The Hall–Kier alpha value is -3.69. The summed E-state index contributed by atoms with van der Waals surface area (Å²) in [4.78, 5) is 21.4. The maximum absolute atomic E-state index is 13.1. The van der Waals surface area contributed by atoms with Gasteiger partial charge in [-0.3, -0.25) is 4.79 Å². The minimum Gasteiger partial charge on any atom is -0.378 e. The van der Waals surface area contributed by atoms with E-state index in [2.05, 4.69) is 25.5 Å². The Morgan fingerprint density at radius 1 is 1.19 bits per heavy atom. The molecule has 194 valence electrons. The lowest BCUT2D eigenvalue weighted by Crippen LogP contribution is -2.46. The van der Waals surface area contributed by atoms with E-state index in [9.17, 15) is 31.1 Å². The van der Waals surface area contributed by atoms with Gasteiger partial charge in [-0.15, -0.1) is 0 Å². The van der Waals surface area contributed by atoms with Crippen LogP contribution < -0.4 is 15.8 Å². The topological polar surface area (TPSA) is 122 Å². The number of halogens is 6. The Kier molecular flexibility index (Phi) is 6.88. The number of hydrogen-bond acceptors (Lipinski definition) is 9. The van der Waals surface area contributed by atoms with Crippen molar-refractivity contribution in [2.45, 2.75) is 37.8 Å². The number of aromatic nitrogens is 5. The molecule has 0 radical (unpaired) electrons. The number of nitrogens with zero attached hydrogens (tertiary/aromatic N) is 5. The summed E-state index contributed by atoms with van der Waals surface area (Å²) in [6.45, 7) is 2.28. The maximum atomic E-state index is 13.1. The van der Waals surface area contributed by atoms with Crippen molar-refractivity contribution in [3.63, 3.8) is 0 Å². The van der Waals surface area contributed by atoms with Crippen molar-refractivity contribution in [2.75, 3.05) is 29.9 Å². The summed E-state index contributed by atoms with van der Waals surface area (Å²) in [5.41, 5.74) is -4.04. The fourth-order valence-corrected chi connectivity index (χ4v) is 3.48. The van der Waals surface area contributed by atoms with Crippen LogP contribution in [0.1, 0.15) is 35.7 Å². The number of nitrogens with one attached hydrogen (secondary N) is 2. The lowest BCUT2D eigenvalue weighted by molar-refractivity contribution is -0.138. The normalized spacial score (nSPS) is 15.6. The molecule has 2 N–H and O–H groups in total. The lowest BCUT2D eigenvalue weighted by atomic mass is 9.99. The fourth-order valence-electron chi connectivity index (χ4n) is 3.48. The van der Waals surface area contributed by atoms with Gasteiger partial charge in [0.15, 0.2) is 5.82 Å². The third kappa shape index (κ3) is 5.75. The molecule has 16 heteroatoms. The van der Waals surface area contributed by atoms with Crippen molar-refractivity contribution in [1.82, 2.24) is 25.3 Å². The highest BCUT2D eigenvalue weighted by molar-refractivity contribution is 5.50. The molecule has 0 aromatic carbocycles. The van der Waals surface area contributed by atoms with Gasteiger partial charge in [-0.05, 0) is 19.1 Å². The first-order chi connectivity index (χ1) is 16.9. The molecule has 36 heavy (non-hydrogen) atoms. The Morgan fingerprint density at radius 2 is 1.94 bits per heavy atom. The standard InChI is InChI=1S/C20H19F6N7O3/c1-10(29-13-5-28-31-18(34)16(13)20(24,25)26)8-35-9-15-30-17(32-36-15)11-6-33(7-11)14-3-2-12(4-27-14)19(21,22)23/h2-5,10-11H,6-9H2,1H3,(H2,29,31,34). The Balaban J connectivity index is 1.24. The summed E-state index contributed by atoms with van der Waals surface area (Å²) in [5.74, 6) is 0.832. The Bertz CT molecular complexity index is 1240. The van der Waals surface area contributed by atoms with Crippen LogP contribution >= 0.6 is 0 Å². The molecule has 1 fully saturated rings. The molecule has 1 saturated heterocycles. The molecular weight excluding hydrogens is 500 g/mol. The van der Waals surface area contributed by atoms with Crippen LogP contribution in [0, 0.1) is 0 Å². The zero-order valence-corrected chi connectivity index (χ0v) is 18.5. The third-order valence-electron chi connectivity index (χ3n) is 5.26. The van der Waals surface area contributed by atoms with Gasteiger partial charge in [0.25, 0.3) is 11.4 Å². The zero-order chi connectivity index (χ0) is 26.1. The zero-order valence-electron chi connectivity index (χ0n) is 18.5. The van der Waals surface area contributed by atoms with Gasteiger partial charge in [0.2, 0.25) is 0 Å². The summed E-state index contributed by atoms with van der Waals surface area (Å²) in [6, 6.07) is 1.64. The summed E-state index contributed by atoms with van der Waals surface area (Å²) >= 11 is 0. The molecule has 0 spiro atoms. The number of alkyl halides is 6. The summed E-state index contributed by atoms with van der Waals surface area (Å²) < 4.78 is 87.9. The van der Waals surface area contributed by atoms with Gasteiger partial charge < -0.3 is 19.5 Å². The van der Waals surface area contributed by atoms with Crippen LogP contribution in [-0.4, -0.2) is 51.1 Å². The second kappa shape index (κ2) is 9.75. The van der Waals surface area contributed by atoms with E-state index in [0.717, 1.165) is 18.5 Å². The van der Waals surface area contributed by atoms with E-state index in [1.54, 1.807) is 16.9 Å². The van der Waals surface area contributed by atoms with Gasteiger partial charge in [0.05, 0.1) is 30.0 Å². The monoisotopic (exact) mass is 519 g/mol. The van der Waals surface area contributed by atoms with Crippen LogP contribution in [-0.2, 0) is 23.7 Å². The van der Waals surface area contributed by atoms with Crippen molar-refractivity contribution in [2.24, 2.45) is 0 Å². The lowest BCUT2D eigenvalue weighted by Gasteiger charge is -2.38. The van der Waals surface area contributed by atoms with Crippen molar-refractivity contribution < 1.29 is 35.6 Å². The van der Waals surface area contributed by atoms with E-state index in [4.69, 9.17) is 9.26 Å². The van der Waals surface area contributed by atoms with Gasteiger partial charge >= 0.3 is 12.4 Å². The third-order valence-corrected chi connectivity index (χ3v) is 5.26. The first-order valence-electron chi connectivity index (χ1n) is 10.5. The summed E-state index contributed by atoms with van der Waals surface area (Å²) in [6.07, 6.45) is -7.67. The first-order valence-corrected chi connectivity index (χ1v) is 10.5.